The van der Waals surface area contributed by atoms with Crippen molar-refractivity contribution in [2.24, 2.45) is 0 Å². The number of aromatic nitrogens is 2. The van der Waals surface area contributed by atoms with E-state index < -0.39 is 0 Å². The lowest BCUT2D eigenvalue weighted by Crippen LogP contribution is -1.96. The van der Waals surface area contributed by atoms with E-state index in [2.05, 4.69) is 25.0 Å². The topological polar surface area (TPSA) is 41.6 Å². The molecule has 0 aliphatic rings. The normalized spacial score (nSPS) is 10.6. The lowest BCUT2D eigenvalue weighted by atomic mass is 10.2. The zero-order valence-corrected chi connectivity index (χ0v) is 13.9. The largest absolute Gasteiger partial charge is 0.241 e. The van der Waals surface area contributed by atoms with Gasteiger partial charge in [-0.1, -0.05) is 26.2 Å². The van der Waals surface area contributed by atoms with Gasteiger partial charge < -0.3 is 0 Å². The fourth-order valence-corrected chi connectivity index (χ4v) is 3.21. The quantitative estimate of drug-likeness (QED) is 0.519. The first-order valence-electron chi connectivity index (χ1n) is 7.78. The Morgan fingerprint density at radius 1 is 1.32 bits per heavy atom. The third kappa shape index (κ3) is 4.38. The van der Waals surface area contributed by atoms with Crippen LogP contribution in [0.25, 0.3) is 5.69 Å². The number of benzene rings is 1. The highest BCUT2D eigenvalue weighted by molar-refractivity contribution is 7.99. The van der Waals surface area contributed by atoms with Crippen molar-refractivity contribution in [2.75, 3.05) is 5.75 Å². The number of rotatable bonds is 8. The monoisotopic (exact) mass is 312 g/mol. The van der Waals surface area contributed by atoms with Crippen LogP contribution < -0.4 is 0 Å². The van der Waals surface area contributed by atoms with E-state index in [1.807, 2.05) is 30.6 Å². The van der Waals surface area contributed by atoms with E-state index in [1.54, 1.807) is 16.4 Å². The molecule has 2 aromatic rings. The highest BCUT2D eigenvalue weighted by atomic mass is 32.2. The Morgan fingerprint density at radius 3 is 2.86 bits per heavy atom. The molecule has 0 aliphatic carbocycles. The molecule has 0 N–H and O–H groups in total. The molecule has 4 heteroatoms. The Morgan fingerprint density at radius 2 is 2.18 bits per heavy atom. The van der Waals surface area contributed by atoms with Crippen LogP contribution in [0.4, 0.5) is 0 Å². The number of hydrogen-bond donors (Lipinski definition) is 0. The third-order valence-electron chi connectivity index (χ3n) is 3.53. The van der Waals surface area contributed by atoms with Gasteiger partial charge in [-0.3, -0.25) is 0 Å². The van der Waals surface area contributed by atoms with E-state index in [1.165, 1.54) is 25.7 Å². The van der Waals surface area contributed by atoms with Gasteiger partial charge in [-0.05, 0) is 49.3 Å². The molecule has 1 aromatic heterocycles. The molecule has 0 saturated carbocycles. The van der Waals surface area contributed by atoms with Gasteiger partial charge in [0.15, 0.2) is 0 Å². The van der Waals surface area contributed by atoms with Crippen molar-refractivity contribution in [1.29, 1.82) is 5.26 Å². The molecular formula is C18H22N3S. The maximum absolute atomic E-state index is 9.38. The van der Waals surface area contributed by atoms with Crippen molar-refractivity contribution in [3.05, 3.63) is 48.6 Å². The van der Waals surface area contributed by atoms with Gasteiger partial charge in [-0.15, -0.1) is 11.8 Å². The smallest absolute Gasteiger partial charge is 0.100 e. The van der Waals surface area contributed by atoms with E-state index >= 15 is 0 Å². The second-order valence-electron chi connectivity index (χ2n) is 5.24. The molecule has 1 radical (unpaired) electrons. The molecule has 0 saturated heterocycles. The second-order valence-corrected chi connectivity index (χ2v) is 6.38. The summed E-state index contributed by atoms with van der Waals surface area (Å²) in [5, 5.41) is 13.7. The van der Waals surface area contributed by atoms with Crippen LogP contribution in [0.3, 0.4) is 0 Å². The van der Waals surface area contributed by atoms with Gasteiger partial charge in [0.05, 0.1) is 17.4 Å². The molecule has 0 bridgehead atoms. The van der Waals surface area contributed by atoms with Crippen molar-refractivity contribution in [3.8, 4) is 11.8 Å². The van der Waals surface area contributed by atoms with E-state index in [0.29, 0.717) is 0 Å². The van der Waals surface area contributed by atoms with Crippen LogP contribution in [0.5, 0.6) is 0 Å². The maximum Gasteiger partial charge on any atom is 0.100 e. The first kappa shape index (κ1) is 16.6. The summed E-state index contributed by atoms with van der Waals surface area (Å²) in [6.07, 6.45) is 9.51. The fraction of sp³-hybridized carbons (Fsp3) is 0.389. The van der Waals surface area contributed by atoms with Crippen LogP contribution >= 0.6 is 11.8 Å². The molecule has 115 valence electrons. The van der Waals surface area contributed by atoms with Gasteiger partial charge in [0.2, 0.25) is 0 Å². The summed E-state index contributed by atoms with van der Waals surface area (Å²) < 4.78 is 1.80. The van der Waals surface area contributed by atoms with Crippen molar-refractivity contribution in [1.82, 2.24) is 9.78 Å². The summed E-state index contributed by atoms with van der Waals surface area (Å²) >= 11 is 1.77. The highest BCUT2D eigenvalue weighted by Gasteiger charge is 2.07. The number of nitrogens with zero attached hydrogens (tertiary/aromatic N) is 3. The second kappa shape index (κ2) is 8.65. The zero-order chi connectivity index (χ0) is 15.8. The summed E-state index contributed by atoms with van der Waals surface area (Å²) in [5.74, 6) is 1.07. The van der Waals surface area contributed by atoms with Crippen molar-refractivity contribution < 1.29 is 0 Å². The Hall–Kier alpha value is -1.73. The van der Waals surface area contributed by atoms with Crippen LogP contribution in [0, 0.1) is 18.3 Å². The number of thioether (sulfide) groups is 1. The predicted molar refractivity (Wildman–Crippen MR) is 92.2 cm³/mol. The Balaban J connectivity index is 2.06. The molecule has 2 rings (SSSR count). The molecule has 0 amide bonds. The van der Waals surface area contributed by atoms with Crippen LogP contribution in [0.2, 0.25) is 0 Å². The standard InChI is InChI=1S/C18H22N3S/c1-3-5-6-7-10-22-18-9-8-17(11-16(18)12-19)21-14-15(4-2)13-20-21/h8-9,11,13-14H,2-7,10H2,1H3. The Kier molecular flexibility index (Phi) is 6.54. The molecule has 3 nitrogen and oxygen atoms in total. The summed E-state index contributed by atoms with van der Waals surface area (Å²) in [6, 6.07) is 8.27. The minimum Gasteiger partial charge on any atom is -0.241 e. The summed E-state index contributed by atoms with van der Waals surface area (Å²) in [7, 11) is 0. The number of unbranched alkanes of at least 4 members (excludes halogenated alkanes) is 3. The molecule has 1 heterocycles. The Bertz CT molecular complexity index is 640. The molecule has 0 spiro atoms. The molecule has 22 heavy (non-hydrogen) atoms. The third-order valence-corrected chi connectivity index (χ3v) is 4.69. The van der Waals surface area contributed by atoms with Gasteiger partial charge in [-0.25, -0.2) is 4.68 Å². The predicted octanol–water partition coefficient (Wildman–Crippen LogP) is 4.79. The first-order chi connectivity index (χ1) is 10.8. The lowest BCUT2D eigenvalue weighted by molar-refractivity contribution is 0.706. The lowest BCUT2D eigenvalue weighted by Gasteiger charge is -2.07. The zero-order valence-electron chi connectivity index (χ0n) is 13.1. The van der Waals surface area contributed by atoms with Crippen molar-refractivity contribution in [3.63, 3.8) is 0 Å². The van der Waals surface area contributed by atoms with Crippen LogP contribution in [-0.4, -0.2) is 15.5 Å². The minimum atomic E-state index is 0.719. The van der Waals surface area contributed by atoms with Crippen LogP contribution in [-0.2, 0) is 6.42 Å². The molecule has 0 unspecified atom stereocenters. The van der Waals surface area contributed by atoms with Gasteiger partial charge in [0, 0.05) is 11.1 Å². The average molecular weight is 312 g/mol. The van der Waals surface area contributed by atoms with E-state index in [0.717, 1.165) is 33.9 Å². The molecule has 0 fully saturated rings. The van der Waals surface area contributed by atoms with Gasteiger partial charge >= 0.3 is 0 Å². The van der Waals surface area contributed by atoms with Gasteiger partial charge in [-0.2, -0.15) is 10.4 Å². The molecule has 1 aromatic carbocycles. The minimum absolute atomic E-state index is 0.719. The van der Waals surface area contributed by atoms with Crippen LogP contribution in [0.1, 0.15) is 43.7 Å². The summed E-state index contributed by atoms with van der Waals surface area (Å²) in [6.45, 7) is 6.07. The van der Waals surface area contributed by atoms with Crippen LogP contribution in [0.15, 0.2) is 35.5 Å². The van der Waals surface area contributed by atoms with E-state index in [-0.39, 0.29) is 0 Å². The summed E-state index contributed by atoms with van der Waals surface area (Å²) in [4.78, 5) is 1.06. The summed E-state index contributed by atoms with van der Waals surface area (Å²) in [5.41, 5.74) is 2.74. The average Bonchev–Trinajstić information content (AvgIpc) is 3.04. The van der Waals surface area contributed by atoms with Gasteiger partial charge in [0.25, 0.3) is 0 Å². The SMILES string of the molecule is [CH2]Cc1cnn(-c2ccc(SCCCCCC)c(C#N)c2)c1. The fourth-order valence-electron chi connectivity index (χ4n) is 2.22. The molecule has 0 aliphatic heterocycles. The van der Waals surface area contributed by atoms with Crippen molar-refractivity contribution >= 4 is 11.8 Å². The first-order valence-corrected chi connectivity index (χ1v) is 8.77. The van der Waals surface area contributed by atoms with E-state index in [9.17, 15) is 5.26 Å². The highest BCUT2D eigenvalue weighted by Crippen LogP contribution is 2.26. The Labute approximate surface area is 137 Å². The number of nitriles is 1. The maximum atomic E-state index is 9.38. The number of hydrogen-bond acceptors (Lipinski definition) is 3. The van der Waals surface area contributed by atoms with Gasteiger partial charge in [0.1, 0.15) is 6.07 Å². The van der Waals surface area contributed by atoms with E-state index in [4.69, 9.17) is 0 Å². The molecular weight excluding hydrogens is 290 g/mol. The molecule has 0 atom stereocenters. The van der Waals surface area contributed by atoms with Crippen molar-refractivity contribution in [2.45, 2.75) is 43.9 Å².